The van der Waals surface area contributed by atoms with Crippen LogP contribution in [0, 0.1) is 19.3 Å². The zero-order chi connectivity index (χ0) is 13.2. The van der Waals surface area contributed by atoms with Crippen LogP contribution in [0.25, 0.3) is 0 Å². The van der Waals surface area contributed by atoms with Crippen molar-refractivity contribution >= 4 is 0 Å². The lowest BCUT2D eigenvalue weighted by Gasteiger charge is -2.41. The predicted octanol–water partition coefficient (Wildman–Crippen LogP) is 1.94. The highest BCUT2D eigenvalue weighted by Gasteiger charge is 2.36. The molecule has 0 aromatic carbocycles. The lowest BCUT2D eigenvalue weighted by Crippen LogP contribution is -2.43. The highest BCUT2D eigenvalue weighted by atomic mass is 16.5. The van der Waals surface area contributed by atoms with Gasteiger partial charge in [0.2, 0.25) is 0 Å². The largest absolute Gasteiger partial charge is 0.384 e. The first kappa shape index (κ1) is 13.6. The smallest absolute Gasteiger partial charge is 0.122 e. The summed E-state index contributed by atoms with van der Waals surface area (Å²) in [7, 11) is 3.88. The van der Waals surface area contributed by atoms with Crippen molar-refractivity contribution in [2.45, 2.75) is 39.7 Å². The predicted molar refractivity (Wildman–Crippen MR) is 72.5 cm³/mol. The second-order valence-corrected chi connectivity index (χ2v) is 5.65. The third kappa shape index (κ3) is 2.59. The molecule has 0 unspecified atom stereocenters. The van der Waals surface area contributed by atoms with E-state index in [1.165, 1.54) is 25.0 Å². The van der Waals surface area contributed by atoms with Gasteiger partial charge in [-0.25, -0.2) is 4.98 Å². The van der Waals surface area contributed by atoms with E-state index < -0.39 is 0 Å². The molecule has 0 radical (unpaired) electrons. The Bertz CT molecular complexity index is 407. The summed E-state index contributed by atoms with van der Waals surface area (Å²) in [6.45, 7) is 6.93. The average molecular weight is 251 g/mol. The molecule has 1 aromatic rings. The van der Waals surface area contributed by atoms with Gasteiger partial charge in [-0.2, -0.15) is 0 Å². The van der Waals surface area contributed by atoms with Crippen molar-refractivity contribution < 1.29 is 4.74 Å². The molecule has 0 spiro atoms. The van der Waals surface area contributed by atoms with Crippen molar-refractivity contribution in [2.75, 3.05) is 20.3 Å². The van der Waals surface area contributed by atoms with Crippen molar-refractivity contribution in [3.8, 4) is 0 Å². The minimum atomic E-state index is 0.379. The van der Waals surface area contributed by atoms with Gasteiger partial charge < -0.3 is 14.6 Å². The Balaban J connectivity index is 1.86. The Kier molecular flexibility index (Phi) is 4.07. The highest BCUT2D eigenvalue weighted by Crippen LogP contribution is 2.40. The van der Waals surface area contributed by atoms with Gasteiger partial charge in [0.1, 0.15) is 5.82 Å². The van der Waals surface area contributed by atoms with Gasteiger partial charge in [0.05, 0.1) is 18.8 Å². The van der Waals surface area contributed by atoms with Crippen LogP contribution >= 0.6 is 0 Å². The van der Waals surface area contributed by atoms with Crippen molar-refractivity contribution in [1.29, 1.82) is 0 Å². The number of nitrogens with zero attached hydrogens (tertiary/aromatic N) is 2. The first-order valence-electron chi connectivity index (χ1n) is 6.76. The number of rotatable bonds is 6. The Morgan fingerprint density at radius 3 is 2.56 bits per heavy atom. The van der Waals surface area contributed by atoms with Crippen LogP contribution in [-0.4, -0.2) is 29.8 Å². The van der Waals surface area contributed by atoms with Crippen LogP contribution < -0.4 is 5.32 Å². The summed E-state index contributed by atoms with van der Waals surface area (Å²) in [6.07, 6.45) is 3.91. The Morgan fingerprint density at radius 1 is 1.39 bits per heavy atom. The van der Waals surface area contributed by atoms with Crippen LogP contribution in [0.4, 0.5) is 0 Å². The summed E-state index contributed by atoms with van der Waals surface area (Å²) in [6, 6.07) is 0. The Labute approximate surface area is 110 Å². The van der Waals surface area contributed by atoms with Crippen LogP contribution in [0.5, 0.6) is 0 Å². The number of hydrogen-bond acceptors (Lipinski definition) is 3. The van der Waals surface area contributed by atoms with E-state index in [-0.39, 0.29) is 0 Å². The van der Waals surface area contributed by atoms with E-state index in [4.69, 9.17) is 4.74 Å². The number of hydrogen-bond donors (Lipinski definition) is 1. The molecular formula is C14H25N3O. The van der Waals surface area contributed by atoms with E-state index in [1.807, 2.05) is 0 Å². The van der Waals surface area contributed by atoms with E-state index in [9.17, 15) is 0 Å². The van der Waals surface area contributed by atoms with Gasteiger partial charge in [0, 0.05) is 31.8 Å². The maximum absolute atomic E-state index is 5.34. The van der Waals surface area contributed by atoms with E-state index in [1.54, 1.807) is 7.11 Å². The average Bonchev–Trinajstić information content (AvgIpc) is 2.54. The zero-order valence-corrected chi connectivity index (χ0v) is 12.0. The summed E-state index contributed by atoms with van der Waals surface area (Å²) in [5, 5.41) is 3.55. The number of nitrogens with one attached hydrogen (secondary N) is 1. The molecule has 0 atom stereocenters. The van der Waals surface area contributed by atoms with Gasteiger partial charge in [-0.1, -0.05) is 6.42 Å². The van der Waals surface area contributed by atoms with Crippen molar-refractivity contribution in [2.24, 2.45) is 12.5 Å². The highest BCUT2D eigenvalue weighted by molar-refractivity contribution is 5.13. The molecule has 0 bridgehead atoms. The van der Waals surface area contributed by atoms with Crippen molar-refractivity contribution in [3.05, 3.63) is 17.2 Å². The number of imidazole rings is 1. The SMILES string of the molecule is COCC1(CNCc2nc(C)c(C)n2C)CCC1. The van der Waals surface area contributed by atoms with Crippen LogP contribution in [0.1, 0.15) is 36.5 Å². The quantitative estimate of drug-likeness (QED) is 0.840. The molecule has 18 heavy (non-hydrogen) atoms. The number of ether oxygens (including phenoxy) is 1. The molecule has 0 amide bonds. The fourth-order valence-electron chi connectivity index (χ4n) is 2.74. The van der Waals surface area contributed by atoms with Crippen LogP contribution in [-0.2, 0) is 18.3 Å². The molecule has 4 heteroatoms. The summed E-state index contributed by atoms with van der Waals surface area (Å²) >= 11 is 0. The van der Waals surface area contributed by atoms with E-state index in [0.29, 0.717) is 5.41 Å². The summed E-state index contributed by atoms with van der Waals surface area (Å²) < 4.78 is 7.51. The topological polar surface area (TPSA) is 39.1 Å². The Hall–Kier alpha value is -0.870. The molecule has 1 N–H and O–H groups in total. The second kappa shape index (κ2) is 5.41. The Morgan fingerprint density at radius 2 is 2.11 bits per heavy atom. The molecular weight excluding hydrogens is 226 g/mol. The van der Waals surface area contributed by atoms with Crippen LogP contribution in [0.2, 0.25) is 0 Å². The number of aryl methyl sites for hydroxylation is 1. The standard InChI is InChI=1S/C14H25N3O/c1-11-12(2)17(3)13(16-11)8-15-9-14(10-18-4)6-5-7-14/h15H,5-10H2,1-4H3. The second-order valence-electron chi connectivity index (χ2n) is 5.65. The fraction of sp³-hybridized carbons (Fsp3) is 0.786. The van der Waals surface area contributed by atoms with Gasteiger partial charge in [-0.05, 0) is 26.7 Å². The summed E-state index contributed by atoms with van der Waals surface area (Å²) in [5.41, 5.74) is 2.76. The minimum absolute atomic E-state index is 0.379. The van der Waals surface area contributed by atoms with E-state index >= 15 is 0 Å². The van der Waals surface area contributed by atoms with E-state index in [2.05, 4.69) is 35.8 Å². The molecule has 1 heterocycles. The van der Waals surface area contributed by atoms with Crippen LogP contribution in [0.15, 0.2) is 0 Å². The van der Waals surface area contributed by atoms with Crippen LogP contribution in [0.3, 0.4) is 0 Å². The maximum Gasteiger partial charge on any atom is 0.122 e. The monoisotopic (exact) mass is 251 g/mol. The summed E-state index contributed by atoms with van der Waals surface area (Å²) in [4.78, 5) is 4.59. The lowest BCUT2D eigenvalue weighted by molar-refractivity contribution is 0.0176. The zero-order valence-electron chi connectivity index (χ0n) is 12.0. The van der Waals surface area contributed by atoms with Crippen molar-refractivity contribution in [1.82, 2.24) is 14.9 Å². The third-order valence-electron chi connectivity index (χ3n) is 4.36. The van der Waals surface area contributed by atoms with Crippen molar-refractivity contribution in [3.63, 3.8) is 0 Å². The van der Waals surface area contributed by atoms with E-state index in [0.717, 1.165) is 31.2 Å². The lowest BCUT2D eigenvalue weighted by atomic mass is 9.69. The number of methoxy groups -OCH3 is 1. The van der Waals surface area contributed by atoms with Gasteiger partial charge in [0.25, 0.3) is 0 Å². The van der Waals surface area contributed by atoms with Gasteiger partial charge in [-0.3, -0.25) is 0 Å². The third-order valence-corrected chi connectivity index (χ3v) is 4.36. The normalized spacial score (nSPS) is 17.8. The first-order chi connectivity index (χ1) is 8.58. The maximum atomic E-state index is 5.34. The molecule has 2 rings (SSSR count). The molecule has 1 aromatic heterocycles. The minimum Gasteiger partial charge on any atom is -0.384 e. The van der Waals surface area contributed by atoms with Gasteiger partial charge in [0.15, 0.2) is 0 Å². The summed E-state index contributed by atoms with van der Waals surface area (Å²) in [5.74, 6) is 1.12. The molecule has 102 valence electrons. The molecule has 4 nitrogen and oxygen atoms in total. The molecule has 0 saturated heterocycles. The van der Waals surface area contributed by atoms with Gasteiger partial charge >= 0.3 is 0 Å². The van der Waals surface area contributed by atoms with Gasteiger partial charge in [-0.15, -0.1) is 0 Å². The first-order valence-corrected chi connectivity index (χ1v) is 6.76. The molecule has 1 aliphatic rings. The fourth-order valence-corrected chi connectivity index (χ4v) is 2.74. The number of aromatic nitrogens is 2. The molecule has 1 fully saturated rings. The molecule has 0 aliphatic heterocycles. The molecule has 1 saturated carbocycles. The molecule has 1 aliphatic carbocycles.